The first-order valence-electron chi connectivity index (χ1n) is 6.17. The smallest absolute Gasteiger partial charge is 0.173 e. The second kappa shape index (κ2) is 6.31. The van der Waals surface area contributed by atoms with E-state index in [1.54, 1.807) is 12.6 Å². The van der Waals surface area contributed by atoms with Crippen molar-refractivity contribution in [3.63, 3.8) is 0 Å². The van der Waals surface area contributed by atoms with Gasteiger partial charge in [-0.3, -0.25) is 11.3 Å². The van der Waals surface area contributed by atoms with Crippen LogP contribution < -0.4 is 11.3 Å². The molecule has 19 heavy (non-hydrogen) atoms. The highest BCUT2D eigenvalue weighted by Crippen LogP contribution is 2.26. The second-order valence-electron chi connectivity index (χ2n) is 4.83. The third kappa shape index (κ3) is 3.43. The van der Waals surface area contributed by atoms with Crippen LogP contribution in [0.15, 0.2) is 27.7 Å². The van der Waals surface area contributed by atoms with E-state index in [4.69, 9.17) is 10.3 Å². The summed E-state index contributed by atoms with van der Waals surface area (Å²) >= 11 is 3.37. The molecule has 2 rings (SSSR count). The Morgan fingerprint density at radius 2 is 2.32 bits per heavy atom. The van der Waals surface area contributed by atoms with Gasteiger partial charge in [0.05, 0.1) is 12.3 Å². The molecule has 104 valence electrons. The topological polar surface area (TPSA) is 81.9 Å². The summed E-state index contributed by atoms with van der Waals surface area (Å²) in [5.74, 6) is 7.06. The number of hydrazine groups is 1. The summed E-state index contributed by atoms with van der Waals surface area (Å²) in [4.78, 5) is 4.31. The molecule has 2 aromatic rings. The summed E-state index contributed by atoms with van der Waals surface area (Å²) in [5.41, 5.74) is 3.77. The Morgan fingerprint density at radius 3 is 2.89 bits per heavy atom. The Labute approximate surface area is 120 Å². The van der Waals surface area contributed by atoms with Gasteiger partial charge in [0.2, 0.25) is 0 Å². The van der Waals surface area contributed by atoms with Gasteiger partial charge in [0.25, 0.3) is 0 Å². The standard InChI is InChI=1S/C12H18BrN5O/c1-8(2)6-18-11(15-7-16-18)5-10(17-14)9-3-4-19-12(9)13/h3-4,7-8,10,17H,5-6,14H2,1-2H3. The maximum atomic E-state index is 5.63. The van der Waals surface area contributed by atoms with E-state index < -0.39 is 0 Å². The second-order valence-corrected chi connectivity index (χ2v) is 5.55. The summed E-state index contributed by atoms with van der Waals surface area (Å²) in [7, 11) is 0. The maximum Gasteiger partial charge on any atom is 0.173 e. The van der Waals surface area contributed by atoms with E-state index in [9.17, 15) is 0 Å². The highest BCUT2D eigenvalue weighted by molar-refractivity contribution is 9.10. The van der Waals surface area contributed by atoms with E-state index >= 15 is 0 Å². The Kier molecular flexibility index (Phi) is 4.73. The zero-order valence-electron chi connectivity index (χ0n) is 11.0. The fraction of sp³-hybridized carbons (Fsp3) is 0.500. The average molecular weight is 328 g/mol. The minimum atomic E-state index is -0.0664. The van der Waals surface area contributed by atoms with Gasteiger partial charge in [-0.1, -0.05) is 13.8 Å². The predicted octanol–water partition coefficient (Wildman–Crippen LogP) is 2.04. The number of nitrogens with zero attached hydrogens (tertiary/aromatic N) is 3. The summed E-state index contributed by atoms with van der Waals surface area (Å²) in [6.45, 7) is 5.15. The quantitative estimate of drug-likeness (QED) is 0.626. The van der Waals surface area contributed by atoms with Crippen LogP contribution in [0, 0.1) is 5.92 Å². The van der Waals surface area contributed by atoms with Gasteiger partial charge in [-0.15, -0.1) is 0 Å². The fourth-order valence-electron chi connectivity index (χ4n) is 1.94. The highest BCUT2D eigenvalue weighted by atomic mass is 79.9. The van der Waals surface area contributed by atoms with Crippen molar-refractivity contribution in [2.24, 2.45) is 11.8 Å². The summed E-state index contributed by atoms with van der Waals surface area (Å²) in [5, 5.41) is 4.25. The molecule has 1 unspecified atom stereocenters. The van der Waals surface area contributed by atoms with Gasteiger partial charge in [0.1, 0.15) is 12.2 Å². The summed E-state index contributed by atoms with van der Waals surface area (Å²) < 4.78 is 7.84. The largest absolute Gasteiger partial charge is 0.457 e. The van der Waals surface area contributed by atoms with Crippen LogP contribution in [0.2, 0.25) is 0 Å². The van der Waals surface area contributed by atoms with Crippen LogP contribution in [-0.4, -0.2) is 14.8 Å². The van der Waals surface area contributed by atoms with Gasteiger partial charge in [-0.05, 0) is 27.9 Å². The molecular formula is C12H18BrN5O. The van der Waals surface area contributed by atoms with Crippen LogP contribution in [0.5, 0.6) is 0 Å². The lowest BCUT2D eigenvalue weighted by Crippen LogP contribution is -2.30. The molecular weight excluding hydrogens is 310 g/mol. The number of rotatable bonds is 6. The van der Waals surface area contributed by atoms with Crippen molar-refractivity contribution in [1.29, 1.82) is 0 Å². The van der Waals surface area contributed by atoms with Crippen LogP contribution in [0.25, 0.3) is 0 Å². The van der Waals surface area contributed by atoms with Crippen molar-refractivity contribution in [3.05, 3.63) is 34.7 Å². The molecule has 0 aromatic carbocycles. The predicted molar refractivity (Wildman–Crippen MR) is 75.0 cm³/mol. The summed E-state index contributed by atoms with van der Waals surface area (Å²) in [6, 6.07) is 1.82. The number of hydrogen-bond acceptors (Lipinski definition) is 5. The molecule has 6 nitrogen and oxygen atoms in total. The van der Waals surface area contributed by atoms with Crippen LogP contribution in [-0.2, 0) is 13.0 Å². The summed E-state index contributed by atoms with van der Waals surface area (Å²) in [6.07, 6.45) is 3.86. The molecule has 0 saturated carbocycles. The van der Waals surface area contributed by atoms with Crippen molar-refractivity contribution in [3.8, 4) is 0 Å². The Bertz CT molecular complexity index is 522. The molecule has 0 spiro atoms. The van der Waals surface area contributed by atoms with E-state index in [-0.39, 0.29) is 6.04 Å². The molecule has 0 amide bonds. The normalized spacial score (nSPS) is 13.1. The van der Waals surface area contributed by atoms with Crippen molar-refractivity contribution in [2.75, 3.05) is 0 Å². The van der Waals surface area contributed by atoms with E-state index in [0.29, 0.717) is 17.0 Å². The Morgan fingerprint density at radius 1 is 1.53 bits per heavy atom. The van der Waals surface area contributed by atoms with Gasteiger partial charge >= 0.3 is 0 Å². The average Bonchev–Trinajstić information content (AvgIpc) is 2.95. The lowest BCUT2D eigenvalue weighted by Gasteiger charge is -2.15. The van der Waals surface area contributed by atoms with Crippen molar-refractivity contribution >= 4 is 15.9 Å². The fourth-order valence-corrected chi connectivity index (χ4v) is 2.46. The molecule has 0 fully saturated rings. The van der Waals surface area contributed by atoms with Crippen LogP contribution >= 0.6 is 15.9 Å². The van der Waals surface area contributed by atoms with Gasteiger partial charge in [-0.25, -0.2) is 9.67 Å². The molecule has 2 heterocycles. The van der Waals surface area contributed by atoms with Crippen molar-refractivity contribution in [2.45, 2.75) is 32.9 Å². The van der Waals surface area contributed by atoms with Gasteiger partial charge < -0.3 is 4.42 Å². The lowest BCUT2D eigenvalue weighted by molar-refractivity contribution is 0.443. The SMILES string of the molecule is CC(C)Cn1ncnc1CC(NN)c1ccoc1Br. The molecule has 0 aliphatic rings. The maximum absolute atomic E-state index is 5.63. The minimum Gasteiger partial charge on any atom is -0.457 e. The zero-order valence-corrected chi connectivity index (χ0v) is 12.6. The first-order chi connectivity index (χ1) is 9.11. The molecule has 3 N–H and O–H groups in total. The van der Waals surface area contributed by atoms with Crippen LogP contribution in [0.3, 0.4) is 0 Å². The molecule has 0 aliphatic heterocycles. The third-order valence-corrected chi connectivity index (χ3v) is 3.49. The van der Waals surface area contributed by atoms with E-state index in [0.717, 1.165) is 17.9 Å². The van der Waals surface area contributed by atoms with Crippen LogP contribution in [0.4, 0.5) is 0 Å². The number of nitrogens with one attached hydrogen (secondary N) is 1. The molecule has 2 aromatic heterocycles. The number of nitrogens with two attached hydrogens (primary N) is 1. The number of hydrogen-bond donors (Lipinski definition) is 2. The Balaban J connectivity index is 2.15. The molecule has 0 bridgehead atoms. The van der Waals surface area contributed by atoms with E-state index in [2.05, 4.69) is 45.3 Å². The molecule has 0 saturated heterocycles. The highest BCUT2D eigenvalue weighted by Gasteiger charge is 2.19. The minimum absolute atomic E-state index is 0.0664. The van der Waals surface area contributed by atoms with Crippen molar-refractivity contribution < 1.29 is 4.42 Å². The van der Waals surface area contributed by atoms with E-state index in [1.165, 1.54) is 0 Å². The molecule has 1 atom stereocenters. The van der Waals surface area contributed by atoms with E-state index in [1.807, 2.05) is 10.7 Å². The van der Waals surface area contributed by atoms with Gasteiger partial charge in [0, 0.05) is 18.5 Å². The van der Waals surface area contributed by atoms with Gasteiger partial charge in [-0.2, -0.15) is 5.10 Å². The van der Waals surface area contributed by atoms with Gasteiger partial charge in [0.15, 0.2) is 4.67 Å². The number of aromatic nitrogens is 3. The first-order valence-corrected chi connectivity index (χ1v) is 6.96. The third-order valence-electron chi connectivity index (χ3n) is 2.84. The monoisotopic (exact) mass is 327 g/mol. The molecule has 0 aliphatic carbocycles. The molecule has 0 radical (unpaired) electrons. The number of halogens is 1. The zero-order chi connectivity index (χ0) is 13.8. The Hall–Kier alpha value is -1.18. The first kappa shape index (κ1) is 14.2. The van der Waals surface area contributed by atoms with Crippen molar-refractivity contribution in [1.82, 2.24) is 20.2 Å². The van der Waals surface area contributed by atoms with Crippen LogP contribution in [0.1, 0.15) is 31.3 Å². The number of furan rings is 1. The molecule has 7 heteroatoms. The lowest BCUT2D eigenvalue weighted by atomic mass is 10.1.